The van der Waals surface area contributed by atoms with Crippen LogP contribution in [-0.4, -0.2) is 63.7 Å². The molecule has 1 fully saturated rings. The molecule has 8 nitrogen and oxygen atoms in total. The van der Waals surface area contributed by atoms with E-state index in [1.165, 1.54) is 5.56 Å². The standard InChI is InChI=1S/C19H28N6O2/c1-23-6-2-3-16(13-23)19(26)20-11-18-22-21-17-4-7-24(8-9-25(17)18)12-15-5-10-27-14-15/h5,10,14,16H,2-4,6-9,11-13H2,1H3,(H,20,26). The fourth-order valence-electron chi connectivity index (χ4n) is 4.05. The third-order valence-corrected chi connectivity index (χ3v) is 5.60. The molecule has 0 bridgehead atoms. The maximum Gasteiger partial charge on any atom is 0.224 e. The van der Waals surface area contributed by atoms with Crippen molar-refractivity contribution in [1.82, 2.24) is 29.9 Å². The van der Waals surface area contributed by atoms with Crippen LogP contribution < -0.4 is 5.32 Å². The van der Waals surface area contributed by atoms with E-state index in [9.17, 15) is 4.79 Å². The third kappa shape index (κ3) is 4.39. The second-order valence-corrected chi connectivity index (χ2v) is 7.66. The highest BCUT2D eigenvalue weighted by atomic mass is 16.3. The quantitative estimate of drug-likeness (QED) is 0.840. The molecule has 2 aromatic heterocycles. The Hall–Kier alpha value is -2.19. The average molecular weight is 372 g/mol. The summed E-state index contributed by atoms with van der Waals surface area (Å²) in [6, 6.07) is 2.01. The minimum absolute atomic E-state index is 0.0840. The fraction of sp³-hybridized carbons (Fsp3) is 0.632. The number of likely N-dealkylation sites (tertiary alicyclic amines) is 1. The van der Waals surface area contributed by atoms with E-state index in [0.717, 1.165) is 70.2 Å². The number of nitrogens with one attached hydrogen (secondary N) is 1. The van der Waals surface area contributed by atoms with Crippen molar-refractivity contribution < 1.29 is 9.21 Å². The Morgan fingerprint density at radius 1 is 1.30 bits per heavy atom. The third-order valence-electron chi connectivity index (χ3n) is 5.60. The maximum atomic E-state index is 12.5. The van der Waals surface area contributed by atoms with E-state index in [2.05, 4.69) is 36.9 Å². The molecule has 8 heteroatoms. The number of hydrogen-bond donors (Lipinski definition) is 1. The van der Waals surface area contributed by atoms with Crippen LogP contribution in [0.1, 0.15) is 30.1 Å². The lowest BCUT2D eigenvalue weighted by Crippen LogP contribution is -2.41. The van der Waals surface area contributed by atoms with Gasteiger partial charge in [0.05, 0.1) is 25.0 Å². The highest BCUT2D eigenvalue weighted by Gasteiger charge is 2.25. The van der Waals surface area contributed by atoms with Gasteiger partial charge >= 0.3 is 0 Å². The van der Waals surface area contributed by atoms with E-state index in [1.54, 1.807) is 12.5 Å². The molecular formula is C19H28N6O2. The molecule has 2 aliphatic rings. The smallest absolute Gasteiger partial charge is 0.224 e. The van der Waals surface area contributed by atoms with Crippen LogP contribution in [0.2, 0.25) is 0 Å². The highest BCUT2D eigenvalue weighted by molar-refractivity contribution is 5.78. The van der Waals surface area contributed by atoms with Gasteiger partial charge in [-0.1, -0.05) is 0 Å². The van der Waals surface area contributed by atoms with Crippen LogP contribution in [0.5, 0.6) is 0 Å². The molecule has 1 atom stereocenters. The number of piperidine rings is 1. The average Bonchev–Trinajstić information content (AvgIpc) is 3.27. The van der Waals surface area contributed by atoms with Crippen molar-refractivity contribution in [3.05, 3.63) is 35.8 Å². The lowest BCUT2D eigenvalue weighted by molar-refractivity contribution is -0.126. The van der Waals surface area contributed by atoms with Gasteiger partial charge in [-0.15, -0.1) is 10.2 Å². The Morgan fingerprint density at radius 3 is 3.04 bits per heavy atom. The van der Waals surface area contributed by atoms with E-state index in [4.69, 9.17) is 4.42 Å². The van der Waals surface area contributed by atoms with Crippen molar-refractivity contribution in [3.8, 4) is 0 Å². The van der Waals surface area contributed by atoms with Gasteiger partial charge in [-0.2, -0.15) is 0 Å². The summed E-state index contributed by atoms with van der Waals surface area (Å²) in [5.74, 6) is 2.08. The minimum atomic E-state index is 0.0840. The van der Waals surface area contributed by atoms with Gasteiger partial charge in [0.1, 0.15) is 5.82 Å². The second-order valence-electron chi connectivity index (χ2n) is 7.66. The number of carbonyl (C=O) groups excluding carboxylic acids is 1. The molecule has 0 aromatic carbocycles. The number of hydrogen-bond acceptors (Lipinski definition) is 6. The van der Waals surface area contributed by atoms with Gasteiger partial charge in [-0.05, 0) is 32.5 Å². The van der Waals surface area contributed by atoms with Crippen LogP contribution in [0.4, 0.5) is 0 Å². The van der Waals surface area contributed by atoms with Gasteiger partial charge in [-0.25, -0.2) is 0 Å². The molecule has 2 aliphatic heterocycles. The predicted octanol–water partition coefficient (Wildman–Crippen LogP) is 0.887. The molecule has 1 amide bonds. The number of carbonyl (C=O) groups is 1. The topological polar surface area (TPSA) is 79.4 Å². The zero-order valence-corrected chi connectivity index (χ0v) is 15.9. The van der Waals surface area contributed by atoms with Gasteiger partial charge < -0.3 is 19.2 Å². The molecule has 27 heavy (non-hydrogen) atoms. The van der Waals surface area contributed by atoms with Crippen LogP contribution in [0.15, 0.2) is 23.0 Å². The normalized spacial score (nSPS) is 21.6. The van der Waals surface area contributed by atoms with E-state index in [0.29, 0.717) is 6.54 Å². The molecule has 0 aliphatic carbocycles. The molecule has 0 radical (unpaired) electrons. The van der Waals surface area contributed by atoms with Crippen molar-refractivity contribution in [2.45, 2.75) is 38.9 Å². The van der Waals surface area contributed by atoms with E-state index in [-0.39, 0.29) is 11.8 Å². The Bertz CT molecular complexity index is 756. The summed E-state index contributed by atoms with van der Waals surface area (Å²) in [7, 11) is 2.08. The first-order valence-electron chi connectivity index (χ1n) is 9.79. The van der Waals surface area contributed by atoms with Gasteiger partial charge in [-0.3, -0.25) is 9.69 Å². The molecule has 146 valence electrons. The summed E-state index contributed by atoms with van der Waals surface area (Å²) < 4.78 is 7.34. The van der Waals surface area contributed by atoms with Crippen molar-refractivity contribution in [2.75, 3.05) is 33.2 Å². The van der Waals surface area contributed by atoms with Crippen molar-refractivity contribution >= 4 is 5.91 Å². The second kappa shape index (κ2) is 8.22. The van der Waals surface area contributed by atoms with Gasteiger partial charge in [0, 0.05) is 44.7 Å². The molecular weight excluding hydrogens is 344 g/mol. The largest absolute Gasteiger partial charge is 0.472 e. The zero-order chi connectivity index (χ0) is 18.6. The molecule has 2 aromatic rings. The van der Waals surface area contributed by atoms with E-state index >= 15 is 0 Å². The van der Waals surface area contributed by atoms with Gasteiger partial charge in [0.15, 0.2) is 5.82 Å². The number of aromatic nitrogens is 3. The monoisotopic (exact) mass is 372 g/mol. The summed E-state index contributed by atoms with van der Waals surface area (Å²) in [5.41, 5.74) is 1.19. The lowest BCUT2D eigenvalue weighted by atomic mass is 9.98. The summed E-state index contributed by atoms with van der Waals surface area (Å²) >= 11 is 0. The summed E-state index contributed by atoms with van der Waals surface area (Å²) in [6.45, 7) is 5.99. The zero-order valence-electron chi connectivity index (χ0n) is 15.9. The number of fused-ring (bicyclic) bond motifs is 1. The fourth-order valence-corrected chi connectivity index (χ4v) is 4.05. The Morgan fingerprint density at radius 2 is 2.22 bits per heavy atom. The Balaban J connectivity index is 1.32. The van der Waals surface area contributed by atoms with Crippen molar-refractivity contribution in [2.24, 2.45) is 5.92 Å². The van der Waals surface area contributed by atoms with Crippen LogP contribution in [0.25, 0.3) is 0 Å². The SMILES string of the molecule is CN1CCCC(C(=O)NCc2nnc3n2CCN(Cc2ccoc2)CC3)C1. The molecule has 1 N–H and O–H groups in total. The molecule has 1 saturated heterocycles. The first-order valence-corrected chi connectivity index (χ1v) is 9.79. The highest BCUT2D eigenvalue weighted by Crippen LogP contribution is 2.16. The number of furan rings is 1. The van der Waals surface area contributed by atoms with Crippen LogP contribution >= 0.6 is 0 Å². The predicted molar refractivity (Wildman–Crippen MR) is 99.8 cm³/mol. The van der Waals surface area contributed by atoms with Crippen LogP contribution in [0.3, 0.4) is 0 Å². The minimum Gasteiger partial charge on any atom is -0.472 e. The molecule has 1 unspecified atom stereocenters. The van der Waals surface area contributed by atoms with E-state index < -0.39 is 0 Å². The first kappa shape index (κ1) is 18.2. The molecule has 0 saturated carbocycles. The maximum absolute atomic E-state index is 12.5. The van der Waals surface area contributed by atoms with E-state index in [1.807, 2.05) is 6.07 Å². The van der Waals surface area contributed by atoms with Crippen molar-refractivity contribution in [3.63, 3.8) is 0 Å². The van der Waals surface area contributed by atoms with Crippen LogP contribution in [0, 0.1) is 5.92 Å². The molecule has 4 rings (SSSR count). The lowest BCUT2D eigenvalue weighted by Gasteiger charge is -2.28. The van der Waals surface area contributed by atoms with Crippen molar-refractivity contribution in [1.29, 1.82) is 0 Å². The van der Waals surface area contributed by atoms with Crippen LogP contribution in [-0.2, 0) is 30.8 Å². The van der Waals surface area contributed by atoms with Gasteiger partial charge in [0.2, 0.25) is 5.91 Å². The molecule has 0 spiro atoms. The summed E-state index contributed by atoms with van der Waals surface area (Å²) in [4.78, 5) is 17.1. The number of amides is 1. The summed E-state index contributed by atoms with van der Waals surface area (Å²) in [6.07, 6.45) is 6.44. The Labute approximate surface area is 159 Å². The number of nitrogens with zero attached hydrogens (tertiary/aromatic N) is 5. The first-order chi connectivity index (χ1) is 13.2. The molecule has 4 heterocycles. The Kier molecular flexibility index (Phi) is 5.54. The number of rotatable bonds is 5. The summed E-state index contributed by atoms with van der Waals surface area (Å²) in [5, 5.41) is 11.8. The van der Waals surface area contributed by atoms with Gasteiger partial charge in [0.25, 0.3) is 0 Å².